The quantitative estimate of drug-likeness (QED) is 0.668. The molecule has 0 aliphatic rings. The summed E-state index contributed by atoms with van der Waals surface area (Å²) >= 11 is 1.91. The Balaban J connectivity index is 2.54. The van der Waals surface area contributed by atoms with Crippen molar-refractivity contribution in [2.75, 3.05) is 32.8 Å². The molecule has 0 saturated heterocycles. The molecule has 1 atom stereocenters. The summed E-state index contributed by atoms with van der Waals surface area (Å²) in [7, 11) is 3.40. The molecular weight excluding hydrogens is 270 g/mol. The molecule has 1 N–H and O–H groups in total. The lowest BCUT2D eigenvalue weighted by molar-refractivity contribution is 0.181. The minimum atomic E-state index is 0.353. The minimum absolute atomic E-state index is 0.353. The van der Waals surface area contributed by atoms with Crippen LogP contribution in [0, 0.1) is 0 Å². The van der Waals surface area contributed by atoms with Gasteiger partial charge in [-0.15, -0.1) is 0 Å². The van der Waals surface area contributed by atoms with Crippen molar-refractivity contribution in [2.24, 2.45) is 0 Å². The van der Waals surface area contributed by atoms with Gasteiger partial charge in [-0.25, -0.2) is 0 Å². The molecule has 0 aliphatic heterocycles. The third-order valence-corrected chi connectivity index (χ3v) is 4.03. The van der Waals surface area contributed by atoms with E-state index in [0.717, 1.165) is 17.9 Å². The van der Waals surface area contributed by atoms with E-state index in [2.05, 4.69) is 30.6 Å². The number of rotatable bonds is 10. The second-order valence-electron chi connectivity index (χ2n) is 4.88. The van der Waals surface area contributed by atoms with Crippen molar-refractivity contribution >= 4 is 11.8 Å². The van der Waals surface area contributed by atoms with Crippen molar-refractivity contribution in [3.8, 4) is 5.75 Å². The third kappa shape index (κ3) is 5.73. The molecule has 3 nitrogen and oxygen atoms in total. The molecule has 0 fully saturated rings. The maximum Gasteiger partial charge on any atom is 0.124 e. The average Bonchev–Trinajstić information content (AvgIpc) is 2.47. The van der Waals surface area contributed by atoms with Gasteiger partial charge < -0.3 is 14.8 Å². The number of hydrogen-bond donors (Lipinski definition) is 1. The molecule has 1 aromatic carbocycles. The summed E-state index contributed by atoms with van der Waals surface area (Å²) in [5.41, 5.74) is 2.38. The number of hydrogen-bond acceptors (Lipinski definition) is 4. The number of nitrogens with one attached hydrogen (secondary N) is 1. The van der Waals surface area contributed by atoms with E-state index < -0.39 is 0 Å². The highest BCUT2D eigenvalue weighted by Crippen LogP contribution is 2.24. The Morgan fingerprint density at radius 1 is 1.25 bits per heavy atom. The third-order valence-electron chi connectivity index (χ3n) is 3.33. The second kappa shape index (κ2) is 10.1. The lowest BCUT2D eigenvalue weighted by Gasteiger charge is -2.17. The zero-order valence-electron chi connectivity index (χ0n) is 13.1. The molecule has 0 bridgehead atoms. The van der Waals surface area contributed by atoms with Gasteiger partial charge in [-0.1, -0.05) is 6.07 Å². The molecule has 0 radical (unpaired) electrons. The van der Waals surface area contributed by atoms with E-state index >= 15 is 0 Å². The number of ether oxygens (including phenoxy) is 2. The Hall–Kier alpha value is -0.710. The average molecular weight is 297 g/mol. The Bertz CT molecular complexity index is 385. The van der Waals surface area contributed by atoms with Crippen LogP contribution in [0.25, 0.3) is 0 Å². The molecule has 1 unspecified atom stereocenters. The lowest BCUT2D eigenvalue weighted by atomic mass is 10.0. The summed E-state index contributed by atoms with van der Waals surface area (Å²) in [4.78, 5) is 0. The van der Waals surface area contributed by atoms with Gasteiger partial charge in [0.25, 0.3) is 0 Å². The van der Waals surface area contributed by atoms with E-state index in [9.17, 15) is 0 Å². The first-order chi connectivity index (χ1) is 9.72. The van der Waals surface area contributed by atoms with E-state index in [0.29, 0.717) is 12.6 Å². The van der Waals surface area contributed by atoms with Gasteiger partial charge in [-0.2, -0.15) is 11.8 Å². The van der Waals surface area contributed by atoms with Crippen LogP contribution in [0.4, 0.5) is 0 Å². The number of unbranched alkanes of at least 4 members (excludes halogenated alkanes) is 1. The predicted octanol–water partition coefficient (Wildman–Crippen LogP) is 3.64. The van der Waals surface area contributed by atoms with Gasteiger partial charge >= 0.3 is 0 Å². The largest absolute Gasteiger partial charge is 0.496 e. The molecule has 114 valence electrons. The Morgan fingerprint density at radius 2 is 2.05 bits per heavy atom. The van der Waals surface area contributed by atoms with Gasteiger partial charge in [0.05, 0.1) is 13.7 Å². The van der Waals surface area contributed by atoms with Crippen LogP contribution < -0.4 is 10.1 Å². The van der Waals surface area contributed by atoms with Crippen LogP contribution in [0.5, 0.6) is 5.75 Å². The topological polar surface area (TPSA) is 30.5 Å². The monoisotopic (exact) mass is 297 g/mol. The summed E-state index contributed by atoms with van der Waals surface area (Å²) in [6.45, 7) is 3.85. The van der Waals surface area contributed by atoms with Gasteiger partial charge in [-0.05, 0) is 56.0 Å². The summed E-state index contributed by atoms with van der Waals surface area (Å²) in [5.74, 6) is 2.14. The molecule has 20 heavy (non-hydrogen) atoms. The molecule has 0 aliphatic carbocycles. The Morgan fingerprint density at radius 3 is 2.70 bits per heavy atom. The first kappa shape index (κ1) is 17.3. The zero-order valence-corrected chi connectivity index (χ0v) is 13.9. The fraction of sp³-hybridized carbons (Fsp3) is 0.625. The van der Waals surface area contributed by atoms with Gasteiger partial charge in [0.1, 0.15) is 5.75 Å². The fourth-order valence-electron chi connectivity index (χ4n) is 2.14. The first-order valence-electron chi connectivity index (χ1n) is 7.11. The van der Waals surface area contributed by atoms with Crippen molar-refractivity contribution in [2.45, 2.75) is 32.4 Å². The molecule has 0 saturated carbocycles. The highest BCUT2D eigenvalue weighted by molar-refractivity contribution is 7.98. The molecule has 0 aromatic heterocycles. The molecule has 1 rings (SSSR count). The summed E-state index contributed by atoms with van der Waals surface area (Å²) in [5, 5.41) is 3.57. The number of benzene rings is 1. The van der Waals surface area contributed by atoms with E-state index in [1.54, 1.807) is 14.2 Å². The molecule has 4 heteroatoms. The SMILES string of the molecule is COCc1cc(C(C)NCCCCSC)ccc1OC. The van der Waals surface area contributed by atoms with Crippen molar-refractivity contribution < 1.29 is 9.47 Å². The van der Waals surface area contributed by atoms with Crippen LogP contribution in [-0.4, -0.2) is 32.8 Å². The summed E-state index contributed by atoms with van der Waals surface area (Å²) in [6.07, 6.45) is 4.66. The fourth-order valence-corrected chi connectivity index (χ4v) is 2.64. The van der Waals surface area contributed by atoms with Crippen LogP contribution in [0.1, 0.15) is 36.9 Å². The van der Waals surface area contributed by atoms with Crippen LogP contribution in [0.3, 0.4) is 0 Å². The molecule has 0 spiro atoms. The maximum atomic E-state index is 5.36. The predicted molar refractivity (Wildman–Crippen MR) is 87.7 cm³/mol. The van der Waals surface area contributed by atoms with Crippen LogP contribution >= 0.6 is 11.8 Å². The standard InChI is InChI=1S/C16H27NO2S/c1-13(17-9-5-6-10-20-4)14-7-8-16(19-3)15(11-14)12-18-2/h7-8,11,13,17H,5-6,9-10,12H2,1-4H3. The number of methoxy groups -OCH3 is 2. The second-order valence-corrected chi connectivity index (χ2v) is 5.87. The van der Waals surface area contributed by atoms with Gasteiger partial charge in [0.15, 0.2) is 0 Å². The van der Waals surface area contributed by atoms with Crippen molar-refractivity contribution in [3.63, 3.8) is 0 Å². The number of thioether (sulfide) groups is 1. The van der Waals surface area contributed by atoms with E-state index in [-0.39, 0.29) is 0 Å². The van der Waals surface area contributed by atoms with Gasteiger partial charge in [0.2, 0.25) is 0 Å². The lowest BCUT2D eigenvalue weighted by Crippen LogP contribution is -2.20. The van der Waals surface area contributed by atoms with Crippen molar-refractivity contribution in [1.82, 2.24) is 5.32 Å². The first-order valence-corrected chi connectivity index (χ1v) is 8.50. The molecule has 0 heterocycles. The highest BCUT2D eigenvalue weighted by Gasteiger charge is 2.09. The zero-order chi connectivity index (χ0) is 14.8. The van der Waals surface area contributed by atoms with E-state index in [4.69, 9.17) is 9.47 Å². The highest BCUT2D eigenvalue weighted by atomic mass is 32.2. The van der Waals surface area contributed by atoms with Crippen LogP contribution in [0.2, 0.25) is 0 Å². The Labute approximate surface area is 127 Å². The normalized spacial score (nSPS) is 12.4. The minimum Gasteiger partial charge on any atom is -0.496 e. The van der Waals surface area contributed by atoms with Crippen molar-refractivity contribution in [1.29, 1.82) is 0 Å². The van der Waals surface area contributed by atoms with E-state index in [1.165, 1.54) is 24.2 Å². The molecule has 1 aromatic rings. The maximum absolute atomic E-state index is 5.36. The van der Waals surface area contributed by atoms with Crippen LogP contribution in [-0.2, 0) is 11.3 Å². The van der Waals surface area contributed by atoms with Crippen molar-refractivity contribution in [3.05, 3.63) is 29.3 Å². The summed E-state index contributed by atoms with van der Waals surface area (Å²) in [6, 6.07) is 6.67. The van der Waals surface area contributed by atoms with Crippen LogP contribution in [0.15, 0.2) is 18.2 Å². The summed E-state index contributed by atoms with van der Waals surface area (Å²) < 4.78 is 10.6. The smallest absolute Gasteiger partial charge is 0.124 e. The Kier molecular flexibility index (Phi) is 8.74. The van der Waals surface area contributed by atoms with E-state index in [1.807, 2.05) is 17.8 Å². The molecule has 0 amide bonds. The van der Waals surface area contributed by atoms with Gasteiger partial charge in [0, 0.05) is 18.7 Å². The molecular formula is C16H27NO2S. The van der Waals surface area contributed by atoms with Gasteiger partial charge in [-0.3, -0.25) is 0 Å².